The molecular formula is C17H15FN4O2S. The van der Waals surface area contributed by atoms with E-state index in [0.29, 0.717) is 10.5 Å². The largest absolute Gasteiger partial charge is 0.326 e. The van der Waals surface area contributed by atoms with Gasteiger partial charge >= 0.3 is 0 Å². The Kier molecular flexibility index (Phi) is 4.62. The van der Waals surface area contributed by atoms with Gasteiger partial charge in [-0.1, -0.05) is 23.5 Å². The van der Waals surface area contributed by atoms with Gasteiger partial charge in [0, 0.05) is 19.7 Å². The Hall–Kier alpha value is -3.00. The fourth-order valence-electron chi connectivity index (χ4n) is 2.33. The number of rotatable bonds is 3. The van der Waals surface area contributed by atoms with Gasteiger partial charge in [-0.2, -0.15) is 0 Å². The van der Waals surface area contributed by atoms with E-state index < -0.39 is 11.7 Å². The molecule has 0 bridgehead atoms. The molecule has 1 aromatic heterocycles. The van der Waals surface area contributed by atoms with Crippen LogP contribution in [-0.2, 0) is 11.8 Å². The summed E-state index contributed by atoms with van der Waals surface area (Å²) in [6.07, 6.45) is 0. The van der Waals surface area contributed by atoms with Crippen LogP contribution in [0, 0.1) is 5.82 Å². The SMILES string of the molecule is CC(=O)Nc1ccc(F)c(C(=O)N/N=c2/sc3ccccc3n2C)c1. The summed E-state index contributed by atoms with van der Waals surface area (Å²) in [4.78, 5) is 23.9. The average Bonchev–Trinajstić information content (AvgIpc) is 2.90. The Bertz CT molecular complexity index is 1040. The second-order valence-electron chi connectivity index (χ2n) is 5.34. The first-order valence-corrected chi connectivity index (χ1v) is 8.23. The van der Waals surface area contributed by atoms with Gasteiger partial charge in [-0.25, -0.2) is 9.82 Å². The zero-order chi connectivity index (χ0) is 18.0. The number of hydrogen-bond donors (Lipinski definition) is 2. The molecule has 2 amide bonds. The van der Waals surface area contributed by atoms with Gasteiger partial charge in [0.2, 0.25) is 10.7 Å². The van der Waals surface area contributed by atoms with E-state index in [-0.39, 0.29) is 11.5 Å². The number of halogens is 1. The molecule has 0 aliphatic carbocycles. The lowest BCUT2D eigenvalue weighted by Gasteiger charge is -2.06. The number of aryl methyl sites for hydroxylation is 1. The Morgan fingerprint density at radius 2 is 1.96 bits per heavy atom. The predicted molar refractivity (Wildman–Crippen MR) is 94.5 cm³/mol. The number of hydrogen-bond acceptors (Lipinski definition) is 4. The van der Waals surface area contributed by atoms with Crippen LogP contribution in [0.5, 0.6) is 0 Å². The van der Waals surface area contributed by atoms with Gasteiger partial charge < -0.3 is 9.88 Å². The normalized spacial score (nSPS) is 11.6. The van der Waals surface area contributed by atoms with E-state index in [9.17, 15) is 14.0 Å². The maximum atomic E-state index is 13.9. The summed E-state index contributed by atoms with van der Waals surface area (Å²) < 4.78 is 16.8. The van der Waals surface area contributed by atoms with Crippen LogP contribution < -0.4 is 15.5 Å². The standard InChI is InChI=1S/C17H15FN4O2S/c1-10(23)19-11-7-8-13(18)12(9-11)16(24)20-21-17-22(2)14-5-3-4-6-15(14)25-17/h3-9H,1-2H3,(H,19,23)(H,20,24)/b21-17+. The second-order valence-corrected chi connectivity index (χ2v) is 6.35. The van der Waals surface area contributed by atoms with Gasteiger partial charge in [-0.05, 0) is 30.3 Å². The number of para-hydroxylation sites is 1. The molecule has 3 rings (SSSR count). The molecule has 3 aromatic rings. The third kappa shape index (κ3) is 3.58. The summed E-state index contributed by atoms with van der Waals surface area (Å²) >= 11 is 1.41. The van der Waals surface area contributed by atoms with E-state index in [1.165, 1.54) is 30.4 Å². The lowest BCUT2D eigenvalue weighted by Crippen LogP contribution is -2.24. The minimum atomic E-state index is -0.692. The highest BCUT2D eigenvalue weighted by molar-refractivity contribution is 7.16. The number of benzene rings is 2. The monoisotopic (exact) mass is 358 g/mol. The first-order chi connectivity index (χ1) is 12.0. The molecule has 0 atom stereocenters. The minimum absolute atomic E-state index is 0.196. The fraction of sp³-hybridized carbons (Fsp3) is 0.118. The van der Waals surface area contributed by atoms with Crippen LogP contribution in [0.1, 0.15) is 17.3 Å². The molecule has 0 saturated carbocycles. The number of aromatic nitrogens is 1. The zero-order valence-corrected chi connectivity index (χ0v) is 14.4. The summed E-state index contributed by atoms with van der Waals surface area (Å²) in [7, 11) is 1.84. The minimum Gasteiger partial charge on any atom is -0.326 e. The summed E-state index contributed by atoms with van der Waals surface area (Å²) in [6, 6.07) is 11.5. The Morgan fingerprint density at radius 1 is 1.20 bits per heavy atom. The highest BCUT2D eigenvalue weighted by Crippen LogP contribution is 2.16. The van der Waals surface area contributed by atoms with Gasteiger partial charge in [0.25, 0.3) is 5.91 Å². The summed E-state index contributed by atoms with van der Waals surface area (Å²) in [5.41, 5.74) is 3.49. The molecule has 128 valence electrons. The van der Waals surface area contributed by atoms with Crippen molar-refractivity contribution in [2.45, 2.75) is 6.92 Å². The van der Waals surface area contributed by atoms with Crippen molar-refractivity contribution < 1.29 is 14.0 Å². The van der Waals surface area contributed by atoms with Crippen LogP contribution in [0.3, 0.4) is 0 Å². The van der Waals surface area contributed by atoms with E-state index in [0.717, 1.165) is 16.3 Å². The average molecular weight is 358 g/mol. The Morgan fingerprint density at radius 3 is 2.68 bits per heavy atom. The van der Waals surface area contributed by atoms with E-state index in [1.807, 2.05) is 35.9 Å². The molecule has 2 aromatic carbocycles. The van der Waals surface area contributed by atoms with Crippen molar-refractivity contribution in [2.24, 2.45) is 12.1 Å². The fourth-order valence-corrected chi connectivity index (χ4v) is 3.31. The highest BCUT2D eigenvalue weighted by atomic mass is 32.1. The first kappa shape index (κ1) is 16.8. The van der Waals surface area contributed by atoms with Crippen LogP contribution in [-0.4, -0.2) is 16.4 Å². The molecule has 0 radical (unpaired) electrons. The maximum absolute atomic E-state index is 13.9. The number of nitrogens with one attached hydrogen (secondary N) is 2. The molecule has 2 N–H and O–H groups in total. The molecule has 0 saturated heterocycles. The van der Waals surface area contributed by atoms with E-state index in [2.05, 4.69) is 15.8 Å². The number of thiazole rings is 1. The molecular weight excluding hydrogens is 343 g/mol. The Balaban J connectivity index is 1.89. The van der Waals surface area contributed by atoms with E-state index in [4.69, 9.17) is 0 Å². The van der Waals surface area contributed by atoms with Gasteiger partial charge in [0.15, 0.2) is 0 Å². The molecule has 0 spiro atoms. The van der Waals surface area contributed by atoms with Crippen molar-refractivity contribution in [3.8, 4) is 0 Å². The number of nitrogens with zero attached hydrogens (tertiary/aromatic N) is 2. The van der Waals surface area contributed by atoms with Crippen molar-refractivity contribution in [1.82, 2.24) is 9.99 Å². The topological polar surface area (TPSA) is 75.5 Å². The molecule has 8 heteroatoms. The summed E-state index contributed by atoms with van der Waals surface area (Å²) in [5.74, 6) is -1.69. The zero-order valence-electron chi connectivity index (χ0n) is 13.5. The van der Waals surface area contributed by atoms with Crippen LogP contribution in [0.15, 0.2) is 47.6 Å². The van der Waals surface area contributed by atoms with Crippen LogP contribution in [0.2, 0.25) is 0 Å². The van der Waals surface area contributed by atoms with Crippen LogP contribution >= 0.6 is 11.3 Å². The van der Waals surface area contributed by atoms with Crippen molar-refractivity contribution in [2.75, 3.05) is 5.32 Å². The smallest absolute Gasteiger partial charge is 0.274 e. The first-order valence-electron chi connectivity index (χ1n) is 7.41. The van der Waals surface area contributed by atoms with Gasteiger partial charge in [-0.3, -0.25) is 9.59 Å². The molecule has 0 fully saturated rings. The van der Waals surface area contributed by atoms with Crippen LogP contribution in [0.25, 0.3) is 10.2 Å². The third-order valence-electron chi connectivity index (χ3n) is 3.50. The van der Waals surface area contributed by atoms with E-state index in [1.54, 1.807) is 0 Å². The third-order valence-corrected chi connectivity index (χ3v) is 4.61. The maximum Gasteiger partial charge on any atom is 0.274 e. The summed E-state index contributed by atoms with van der Waals surface area (Å²) in [5, 5.41) is 6.59. The van der Waals surface area contributed by atoms with Gasteiger partial charge in [0.1, 0.15) is 5.82 Å². The van der Waals surface area contributed by atoms with E-state index >= 15 is 0 Å². The molecule has 1 heterocycles. The number of amides is 2. The molecule has 0 unspecified atom stereocenters. The quantitative estimate of drug-likeness (QED) is 0.706. The summed E-state index contributed by atoms with van der Waals surface area (Å²) in [6.45, 7) is 1.33. The van der Waals surface area contributed by atoms with Gasteiger partial charge in [0.05, 0.1) is 15.8 Å². The molecule has 25 heavy (non-hydrogen) atoms. The highest BCUT2D eigenvalue weighted by Gasteiger charge is 2.13. The van der Waals surface area contributed by atoms with Crippen molar-refractivity contribution in [3.63, 3.8) is 0 Å². The van der Waals surface area contributed by atoms with Crippen molar-refractivity contribution >= 4 is 39.1 Å². The van der Waals surface area contributed by atoms with Crippen LogP contribution in [0.4, 0.5) is 10.1 Å². The number of anilines is 1. The van der Waals surface area contributed by atoms with Crippen molar-refractivity contribution in [3.05, 3.63) is 58.6 Å². The predicted octanol–water partition coefficient (Wildman–Crippen LogP) is 2.58. The molecule has 0 aliphatic rings. The number of fused-ring (bicyclic) bond motifs is 1. The van der Waals surface area contributed by atoms with Gasteiger partial charge in [-0.15, -0.1) is 5.10 Å². The lowest BCUT2D eigenvalue weighted by atomic mass is 10.1. The molecule has 0 aliphatic heterocycles. The lowest BCUT2D eigenvalue weighted by molar-refractivity contribution is -0.114. The number of carbonyl (C=O) groups is 2. The number of carbonyl (C=O) groups excluding carboxylic acids is 2. The second kappa shape index (κ2) is 6.86. The Labute approximate surface area is 146 Å². The van der Waals surface area contributed by atoms with Crippen molar-refractivity contribution in [1.29, 1.82) is 0 Å². The molecule has 6 nitrogen and oxygen atoms in total.